The predicted octanol–water partition coefficient (Wildman–Crippen LogP) is 7.37. The van der Waals surface area contributed by atoms with E-state index in [0.717, 1.165) is 28.8 Å². The zero-order valence-electron chi connectivity index (χ0n) is 20.3. The molecule has 4 aromatic rings. The molecule has 2 heterocycles. The zero-order valence-corrected chi connectivity index (χ0v) is 20.3. The highest BCUT2D eigenvalue weighted by molar-refractivity contribution is 5.95. The van der Waals surface area contributed by atoms with Crippen LogP contribution in [0.4, 0.5) is 26.3 Å². The Kier molecular flexibility index (Phi) is 6.92. The Bertz CT molecular complexity index is 1470. The topological polar surface area (TPSA) is 34.9 Å². The van der Waals surface area contributed by atoms with Crippen molar-refractivity contribution in [3.63, 3.8) is 0 Å². The number of nitrogens with zero attached hydrogens (tertiary/aromatic N) is 2. The molecule has 194 valence electrons. The normalized spacial score (nSPS) is 13.2. The van der Waals surface area contributed by atoms with Crippen molar-refractivity contribution in [3.8, 4) is 11.1 Å². The van der Waals surface area contributed by atoms with E-state index in [1.807, 2.05) is 31.2 Å². The van der Waals surface area contributed by atoms with Gasteiger partial charge in [-0.3, -0.25) is 9.78 Å². The standard InChI is InChI=1S/C28H24F6N2O/c1-16-6-8-19(9-7-16)24-22-5-4-10-35-25(22)26(37)36(3)23(24)12-17(2)11-18-13-20(27(29,30)31)15-21(14-18)28(32,33)34/h4-10,13-15,17H,11-12H2,1-3H3. The summed E-state index contributed by atoms with van der Waals surface area (Å²) in [5, 5.41) is 0.634. The molecule has 2 aromatic heterocycles. The number of halogens is 6. The average molecular weight is 519 g/mol. The molecule has 0 aliphatic carbocycles. The molecule has 9 heteroatoms. The summed E-state index contributed by atoms with van der Waals surface area (Å²) in [4.78, 5) is 17.3. The van der Waals surface area contributed by atoms with Gasteiger partial charge in [0.2, 0.25) is 0 Å². The lowest BCUT2D eigenvalue weighted by atomic mass is 9.89. The van der Waals surface area contributed by atoms with Gasteiger partial charge in [-0.15, -0.1) is 0 Å². The highest BCUT2D eigenvalue weighted by Crippen LogP contribution is 2.37. The molecule has 1 atom stereocenters. The SMILES string of the molecule is Cc1ccc(-c2c(CC(C)Cc3cc(C(F)(F)F)cc(C(F)(F)F)c3)n(C)c(=O)c3ncccc23)cc1. The van der Waals surface area contributed by atoms with E-state index in [0.29, 0.717) is 11.1 Å². The Morgan fingerprint density at radius 1 is 0.892 bits per heavy atom. The summed E-state index contributed by atoms with van der Waals surface area (Å²) in [5.74, 6) is -0.381. The third-order valence-electron chi connectivity index (χ3n) is 6.39. The number of hydrogen-bond acceptors (Lipinski definition) is 2. The molecule has 0 saturated carbocycles. The third kappa shape index (κ3) is 5.55. The lowest BCUT2D eigenvalue weighted by Gasteiger charge is -2.21. The fourth-order valence-corrected chi connectivity index (χ4v) is 4.61. The van der Waals surface area contributed by atoms with E-state index in [-0.39, 0.29) is 41.5 Å². The highest BCUT2D eigenvalue weighted by Gasteiger charge is 2.37. The smallest absolute Gasteiger partial charge is 0.313 e. The Morgan fingerprint density at radius 2 is 1.49 bits per heavy atom. The van der Waals surface area contributed by atoms with Crippen LogP contribution in [0.1, 0.15) is 34.9 Å². The van der Waals surface area contributed by atoms with Crippen LogP contribution in [0.5, 0.6) is 0 Å². The van der Waals surface area contributed by atoms with Gasteiger partial charge < -0.3 is 4.57 Å². The minimum Gasteiger partial charge on any atom is -0.313 e. The Hall–Kier alpha value is -3.62. The number of hydrogen-bond donors (Lipinski definition) is 0. The van der Waals surface area contributed by atoms with Crippen LogP contribution in [0.2, 0.25) is 0 Å². The number of benzene rings is 2. The van der Waals surface area contributed by atoms with Gasteiger partial charge >= 0.3 is 12.4 Å². The van der Waals surface area contributed by atoms with E-state index < -0.39 is 23.5 Å². The molecule has 2 aromatic carbocycles. The molecule has 0 fully saturated rings. The van der Waals surface area contributed by atoms with Crippen LogP contribution in [0.3, 0.4) is 0 Å². The summed E-state index contributed by atoms with van der Waals surface area (Å²) < 4.78 is 81.4. The van der Waals surface area contributed by atoms with Crippen molar-refractivity contribution >= 4 is 10.9 Å². The molecule has 3 nitrogen and oxygen atoms in total. The van der Waals surface area contributed by atoms with Gasteiger partial charge in [0, 0.05) is 29.9 Å². The van der Waals surface area contributed by atoms with E-state index in [4.69, 9.17) is 0 Å². The molecule has 0 N–H and O–H groups in total. The molecule has 0 bridgehead atoms. The maximum absolute atomic E-state index is 13.3. The van der Waals surface area contributed by atoms with Crippen molar-refractivity contribution in [2.45, 2.75) is 39.0 Å². The lowest BCUT2D eigenvalue weighted by Crippen LogP contribution is -2.24. The Labute approximate surface area is 209 Å². The van der Waals surface area contributed by atoms with Crippen molar-refractivity contribution in [1.29, 1.82) is 0 Å². The van der Waals surface area contributed by atoms with Gasteiger partial charge in [0.15, 0.2) is 0 Å². The summed E-state index contributed by atoms with van der Waals surface area (Å²) >= 11 is 0. The van der Waals surface area contributed by atoms with Crippen LogP contribution in [-0.4, -0.2) is 9.55 Å². The first-order valence-electron chi connectivity index (χ1n) is 11.6. The number of aromatic nitrogens is 2. The van der Waals surface area contributed by atoms with Gasteiger partial charge in [0.05, 0.1) is 11.1 Å². The summed E-state index contributed by atoms with van der Waals surface area (Å²) in [6, 6.07) is 12.8. The van der Waals surface area contributed by atoms with Gasteiger partial charge in [-0.05, 0) is 61.1 Å². The largest absolute Gasteiger partial charge is 0.416 e. The molecule has 0 spiro atoms. The molecule has 0 aliphatic rings. The molecule has 0 saturated heterocycles. The van der Waals surface area contributed by atoms with E-state index >= 15 is 0 Å². The van der Waals surface area contributed by atoms with Gasteiger partial charge in [-0.1, -0.05) is 42.8 Å². The second-order valence-corrected chi connectivity index (χ2v) is 9.38. The number of rotatable bonds is 5. The average Bonchev–Trinajstić information content (AvgIpc) is 2.82. The Morgan fingerprint density at radius 3 is 2.05 bits per heavy atom. The second-order valence-electron chi connectivity index (χ2n) is 9.38. The van der Waals surface area contributed by atoms with Crippen molar-refractivity contribution in [2.75, 3.05) is 0 Å². The van der Waals surface area contributed by atoms with Crippen LogP contribution in [-0.2, 0) is 32.2 Å². The minimum absolute atomic E-state index is 0.0421. The molecular formula is C28H24F6N2O. The van der Waals surface area contributed by atoms with Gasteiger partial charge in [0.25, 0.3) is 5.56 Å². The third-order valence-corrected chi connectivity index (χ3v) is 6.39. The molecule has 0 amide bonds. The Balaban J connectivity index is 1.79. The second kappa shape index (κ2) is 9.68. The summed E-state index contributed by atoms with van der Waals surface area (Å²) in [6.45, 7) is 3.68. The maximum Gasteiger partial charge on any atom is 0.416 e. The van der Waals surface area contributed by atoms with Crippen LogP contribution >= 0.6 is 0 Å². The monoisotopic (exact) mass is 518 g/mol. The maximum atomic E-state index is 13.3. The van der Waals surface area contributed by atoms with Gasteiger partial charge in [-0.25, -0.2) is 0 Å². The van der Waals surface area contributed by atoms with Crippen molar-refractivity contribution in [1.82, 2.24) is 9.55 Å². The summed E-state index contributed by atoms with van der Waals surface area (Å²) in [7, 11) is 1.60. The lowest BCUT2D eigenvalue weighted by molar-refractivity contribution is -0.143. The zero-order chi connectivity index (χ0) is 27.1. The molecule has 37 heavy (non-hydrogen) atoms. The van der Waals surface area contributed by atoms with E-state index in [2.05, 4.69) is 4.98 Å². The highest BCUT2D eigenvalue weighted by atomic mass is 19.4. The quantitative estimate of drug-likeness (QED) is 0.259. The van der Waals surface area contributed by atoms with E-state index in [1.54, 1.807) is 26.1 Å². The first kappa shape index (κ1) is 26.4. The number of aryl methyl sites for hydroxylation is 1. The van der Waals surface area contributed by atoms with Crippen molar-refractivity contribution < 1.29 is 26.3 Å². The van der Waals surface area contributed by atoms with Crippen molar-refractivity contribution in [3.05, 3.63) is 99.1 Å². The fourth-order valence-electron chi connectivity index (χ4n) is 4.61. The summed E-state index contributed by atoms with van der Waals surface area (Å²) in [5.41, 5.74) is 0.469. The van der Waals surface area contributed by atoms with Crippen LogP contribution < -0.4 is 5.56 Å². The first-order valence-corrected chi connectivity index (χ1v) is 11.6. The van der Waals surface area contributed by atoms with Crippen LogP contribution in [0, 0.1) is 12.8 Å². The van der Waals surface area contributed by atoms with E-state index in [1.165, 1.54) is 10.8 Å². The summed E-state index contributed by atoms with van der Waals surface area (Å²) in [6.07, 6.45) is -8.09. The number of alkyl halides is 6. The fraction of sp³-hybridized carbons (Fsp3) is 0.286. The molecule has 4 rings (SSSR count). The molecule has 0 radical (unpaired) electrons. The van der Waals surface area contributed by atoms with Gasteiger partial charge in [0.1, 0.15) is 5.52 Å². The first-order chi connectivity index (χ1) is 17.3. The molecular weight excluding hydrogens is 494 g/mol. The van der Waals surface area contributed by atoms with E-state index in [9.17, 15) is 31.1 Å². The molecule has 0 aliphatic heterocycles. The number of pyridine rings is 2. The minimum atomic E-state index is -4.91. The number of fused-ring (bicyclic) bond motifs is 1. The van der Waals surface area contributed by atoms with Crippen molar-refractivity contribution in [2.24, 2.45) is 13.0 Å². The van der Waals surface area contributed by atoms with Gasteiger partial charge in [-0.2, -0.15) is 26.3 Å². The van der Waals surface area contributed by atoms with Crippen LogP contribution in [0.15, 0.2) is 65.6 Å². The molecule has 1 unspecified atom stereocenters. The van der Waals surface area contributed by atoms with Crippen LogP contribution in [0.25, 0.3) is 22.0 Å². The predicted molar refractivity (Wildman–Crippen MR) is 130 cm³/mol.